The smallest absolute Gasteiger partial charge is 0.309 e. The summed E-state index contributed by atoms with van der Waals surface area (Å²) in [5.41, 5.74) is -1.32. The van der Waals surface area contributed by atoms with Crippen LogP contribution in [0.5, 0.6) is 0 Å². The third-order valence-corrected chi connectivity index (χ3v) is 2.86. The second kappa shape index (κ2) is 5.49. The topological polar surface area (TPSA) is 72.8 Å². The molecule has 17 heavy (non-hydrogen) atoms. The molecule has 0 aromatic rings. The van der Waals surface area contributed by atoms with Crippen molar-refractivity contribution in [3.63, 3.8) is 0 Å². The highest BCUT2D eigenvalue weighted by Crippen LogP contribution is 2.32. The Labute approximate surface area is 101 Å². The molecule has 0 radical (unpaired) electrons. The summed E-state index contributed by atoms with van der Waals surface area (Å²) in [5, 5.41) is 10.3. The average Bonchev–Trinajstić information content (AvgIpc) is 2.15. The Morgan fingerprint density at radius 2 is 2.29 bits per heavy atom. The zero-order chi connectivity index (χ0) is 13.1. The molecule has 2 unspecified atom stereocenters. The van der Waals surface area contributed by atoms with Crippen LogP contribution in [0.3, 0.4) is 0 Å². The van der Waals surface area contributed by atoms with Crippen molar-refractivity contribution in [1.82, 2.24) is 0 Å². The number of aliphatic hydroxyl groups is 1. The summed E-state index contributed by atoms with van der Waals surface area (Å²) >= 11 is 0. The average molecular weight is 244 g/mol. The third kappa shape index (κ3) is 4.00. The molecule has 1 saturated heterocycles. The third-order valence-electron chi connectivity index (χ3n) is 2.86. The van der Waals surface area contributed by atoms with Crippen LogP contribution in [0.15, 0.2) is 0 Å². The maximum Gasteiger partial charge on any atom is 0.309 e. The van der Waals surface area contributed by atoms with Crippen LogP contribution in [0.2, 0.25) is 0 Å². The van der Waals surface area contributed by atoms with Crippen LogP contribution in [0.25, 0.3) is 0 Å². The van der Waals surface area contributed by atoms with Gasteiger partial charge in [-0.15, -0.1) is 0 Å². The summed E-state index contributed by atoms with van der Waals surface area (Å²) in [4.78, 5) is 22.8. The van der Waals surface area contributed by atoms with Gasteiger partial charge in [0, 0.05) is 6.42 Å². The normalized spacial score (nSPS) is 29.0. The van der Waals surface area contributed by atoms with Crippen LogP contribution in [-0.4, -0.2) is 35.4 Å². The van der Waals surface area contributed by atoms with E-state index in [1.54, 1.807) is 6.92 Å². The minimum absolute atomic E-state index is 0.118. The van der Waals surface area contributed by atoms with Gasteiger partial charge < -0.3 is 14.6 Å². The van der Waals surface area contributed by atoms with Crippen LogP contribution in [0.4, 0.5) is 0 Å². The lowest BCUT2D eigenvalue weighted by Gasteiger charge is -2.36. The molecule has 0 aliphatic carbocycles. The predicted molar refractivity (Wildman–Crippen MR) is 60.2 cm³/mol. The Kier molecular flexibility index (Phi) is 4.51. The second-order valence-electron chi connectivity index (χ2n) is 4.86. The molecule has 2 atom stereocenters. The molecule has 0 bridgehead atoms. The molecule has 0 saturated carbocycles. The quantitative estimate of drug-likeness (QED) is 0.748. The van der Waals surface area contributed by atoms with Crippen LogP contribution in [0.1, 0.15) is 40.0 Å². The fourth-order valence-corrected chi connectivity index (χ4v) is 1.95. The van der Waals surface area contributed by atoms with E-state index in [0.29, 0.717) is 0 Å². The molecule has 1 heterocycles. The van der Waals surface area contributed by atoms with Crippen molar-refractivity contribution in [3.8, 4) is 0 Å². The van der Waals surface area contributed by atoms with Gasteiger partial charge in [-0.2, -0.15) is 0 Å². The largest absolute Gasteiger partial charge is 0.466 e. The Hall–Kier alpha value is -1.10. The molecule has 0 aromatic carbocycles. The fraction of sp³-hybridized carbons (Fsp3) is 0.833. The Morgan fingerprint density at radius 3 is 2.82 bits per heavy atom. The minimum Gasteiger partial charge on any atom is -0.466 e. The van der Waals surface area contributed by atoms with Gasteiger partial charge in [0.25, 0.3) is 0 Å². The first-order chi connectivity index (χ1) is 7.86. The number of ether oxygens (including phenoxy) is 2. The van der Waals surface area contributed by atoms with Gasteiger partial charge in [-0.05, 0) is 12.8 Å². The van der Waals surface area contributed by atoms with Crippen molar-refractivity contribution in [2.24, 2.45) is 5.92 Å². The monoisotopic (exact) mass is 244 g/mol. The molecule has 1 fully saturated rings. The van der Waals surface area contributed by atoms with Gasteiger partial charge in [-0.1, -0.05) is 13.8 Å². The molecule has 1 N–H and O–H groups in total. The number of cyclic esters (lactones) is 1. The summed E-state index contributed by atoms with van der Waals surface area (Å²) in [6.45, 7) is 5.79. The maximum absolute atomic E-state index is 11.4. The second-order valence-corrected chi connectivity index (χ2v) is 4.86. The zero-order valence-corrected chi connectivity index (χ0v) is 10.6. The van der Waals surface area contributed by atoms with Gasteiger partial charge in [0.2, 0.25) is 0 Å². The standard InChI is InChI=1S/C12H20O5/c1-4-16-10(13)6-12(15)5-9(8(2)3)17-11(14)7-12/h8-9,15H,4-7H2,1-3H3. The molecule has 1 rings (SSSR count). The molecule has 1 aliphatic heterocycles. The van der Waals surface area contributed by atoms with Gasteiger partial charge in [-0.3, -0.25) is 9.59 Å². The first kappa shape index (κ1) is 14.0. The molecule has 0 amide bonds. The lowest BCUT2D eigenvalue weighted by molar-refractivity contribution is -0.178. The van der Waals surface area contributed by atoms with Crippen LogP contribution in [-0.2, 0) is 19.1 Å². The molecule has 0 spiro atoms. The number of rotatable bonds is 4. The molecule has 5 nitrogen and oxygen atoms in total. The fourth-order valence-electron chi connectivity index (χ4n) is 1.95. The highest BCUT2D eigenvalue weighted by atomic mass is 16.6. The van der Waals surface area contributed by atoms with E-state index in [-0.39, 0.29) is 37.9 Å². The number of esters is 2. The van der Waals surface area contributed by atoms with Crippen molar-refractivity contribution < 1.29 is 24.2 Å². The van der Waals surface area contributed by atoms with Gasteiger partial charge in [-0.25, -0.2) is 0 Å². The SMILES string of the molecule is CCOC(=O)CC1(O)CC(=O)OC(C(C)C)C1. The highest BCUT2D eigenvalue weighted by molar-refractivity contribution is 5.76. The van der Waals surface area contributed by atoms with Crippen LogP contribution in [0, 0.1) is 5.92 Å². The van der Waals surface area contributed by atoms with E-state index in [4.69, 9.17) is 9.47 Å². The van der Waals surface area contributed by atoms with E-state index in [0.717, 1.165) is 0 Å². The molecule has 1 aliphatic rings. The van der Waals surface area contributed by atoms with Gasteiger partial charge in [0.1, 0.15) is 6.10 Å². The van der Waals surface area contributed by atoms with Crippen molar-refractivity contribution in [2.45, 2.75) is 51.7 Å². The first-order valence-electron chi connectivity index (χ1n) is 5.94. The number of carbonyl (C=O) groups excluding carboxylic acids is 2. The van der Waals surface area contributed by atoms with E-state index in [2.05, 4.69) is 0 Å². The first-order valence-corrected chi connectivity index (χ1v) is 5.94. The van der Waals surface area contributed by atoms with E-state index in [1.807, 2.05) is 13.8 Å². The van der Waals surface area contributed by atoms with Crippen molar-refractivity contribution in [2.75, 3.05) is 6.61 Å². The van der Waals surface area contributed by atoms with Crippen molar-refractivity contribution in [1.29, 1.82) is 0 Å². The van der Waals surface area contributed by atoms with Crippen LogP contribution >= 0.6 is 0 Å². The van der Waals surface area contributed by atoms with Crippen molar-refractivity contribution >= 4 is 11.9 Å². The highest BCUT2D eigenvalue weighted by Gasteiger charge is 2.42. The maximum atomic E-state index is 11.4. The molecule has 0 aromatic heterocycles. The summed E-state index contributed by atoms with van der Waals surface area (Å²) in [7, 11) is 0. The summed E-state index contributed by atoms with van der Waals surface area (Å²) in [6.07, 6.45) is -0.348. The van der Waals surface area contributed by atoms with Crippen molar-refractivity contribution in [3.05, 3.63) is 0 Å². The lowest BCUT2D eigenvalue weighted by Crippen LogP contribution is -2.46. The van der Waals surface area contributed by atoms with E-state index < -0.39 is 17.5 Å². The minimum atomic E-state index is -1.32. The zero-order valence-electron chi connectivity index (χ0n) is 10.6. The van der Waals surface area contributed by atoms with E-state index in [1.165, 1.54) is 0 Å². The van der Waals surface area contributed by atoms with E-state index in [9.17, 15) is 14.7 Å². The molecular formula is C12H20O5. The molecule has 5 heteroatoms. The number of carbonyl (C=O) groups is 2. The molecule has 98 valence electrons. The summed E-state index contributed by atoms with van der Waals surface area (Å²) in [5.74, 6) is -0.818. The van der Waals surface area contributed by atoms with Gasteiger partial charge in [0.05, 0.1) is 25.0 Å². The van der Waals surface area contributed by atoms with Crippen LogP contribution < -0.4 is 0 Å². The Morgan fingerprint density at radius 1 is 1.65 bits per heavy atom. The summed E-state index contributed by atoms with van der Waals surface area (Å²) < 4.78 is 9.92. The number of hydrogen-bond acceptors (Lipinski definition) is 5. The Bertz CT molecular complexity index is 299. The van der Waals surface area contributed by atoms with Gasteiger partial charge >= 0.3 is 11.9 Å². The predicted octanol–water partition coefficient (Wildman–Crippen LogP) is 1.03. The number of hydrogen-bond donors (Lipinski definition) is 1. The lowest BCUT2D eigenvalue weighted by atomic mass is 9.83. The van der Waals surface area contributed by atoms with E-state index >= 15 is 0 Å². The summed E-state index contributed by atoms with van der Waals surface area (Å²) in [6, 6.07) is 0. The molecular weight excluding hydrogens is 224 g/mol. The van der Waals surface area contributed by atoms with Gasteiger partial charge in [0.15, 0.2) is 0 Å². The Balaban J connectivity index is 2.66.